The molecule has 2 atom stereocenters. The Labute approximate surface area is 255 Å². The zero-order valence-corrected chi connectivity index (χ0v) is 24.3. The molecule has 3 aromatic carbocycles. The molecule has 3 aromatic rings. The number of primary amides is 1. The Morgan fingerprint density at radius 2 is 1.73 bits per heavy atom. The van der Waals surface area contributed by atoms with Crippen molar-refractivity contribution >= 4 is 29.6 Å². The van der Waals surface area contributed by atoms with Crippen molar-refractivity contribution in [1.82, 2.24) is 20.4 Å². The first-order chi connectivity index (χ1) is 21.2. The summed E-state index contributed by atoms with van der Waals surface area (Å²) in [4.78, 5) is 55.3. The minimum atomic E-state index is -0.940. The second kappa shape index (κ2) is 15.2. The summed E-state index contributed by atoms with van der Waals surface area (Å²) in [6.45, 7) is 4.73. The van der Waals surface area contributed by atoms with Gasteiger partial charge in [0, 0.05) is 25.2 Å². The molecule has 8 N–H and O–H groups in total. The molecular formula is C32H38N7O5+. The van der Waals surface area contributed by atoms with Gasteiger partial charge in [-0.2, -0.15) is 0 Å². The van der Waals surface area contributed by atoms with Gasteiger partial charge in [-0.1, -0.05) is 61.2 Å². The standard InChI is InChI=1S/C32H37N7O5/c1-2-15-34-19-29(41)39-27(17-22-11-13-26(40)14-12-22)30(42)38(20-24-9-6-10-25(16-24)36-31(33)43)21-28(39)37-32(44)35-18-23-7-4-3-5-8-23/h2-14,16,27-28,34,40H,1,15,17-21H2,(H3,33,36,43)(H2,35,37,44)/p+1. The van der Waals surface area contributed by atoms with Crippen LogP contribution in [-0.2, 0) is 29.1 Å². The molecule has 44 heavy (non-hydrogen) atoms. The van der Waals surface area contributed by atoms with Gasteiger partial charge in [0.1, 0.15) is 18.0 Å². The van der Waals surface area contributed by atoms with E-state index in [1.54, 1.807) is 46.6 Å². The van der Waals surface area contributed by atoms with Crippen molar-refractivity contribution < 1.29 is 29.6 Å². The number of nitrogens with one attached hydrogen (secondary N) is 3. The van der Waals surface area contributed by atoms with Gasteiger partial charge in [0.05, 0.1) is 13.1 Å². The fourth-order valence-electron chi connectivity index (χ4n) is 5.10. The number of rotatable bonds is 12. The molecule has 0 radical (unpaired) electrons. The Morgan fingerprint density at radius 3 is 2.43 bits per heavy atom. The summed E-state index contributed by atoms with van der Waals surface area (Å²) in [6, 6.07) is 20.7. The highest BCUT2D eigenvalue weighted by molar-refractivity contribution is 5.91. The van der Waals surface area contributed by atoms with Crippen molar-refractivity contribution in [3.05, 3.63) is 108 Å². The number of carbonyl (C=O) groups excluding carboxylic acids is 4. The third-order valence-electron chi connectivity index (χ3n) is 7.13. The number of benzene rings is 3. The fraction of sp³-hybridized carbons (Fsp3) is 0.250. The average molecular weight is 601 g/mol. The van der Waals surface area contributed by atoms with E-state index in [9.17, 15) is 24.3 Å². The fourth-order valence-corrected chi connectivity index (χ4v) is 5.10. The maximum atomic E-state index is 14.1. The number of hydrogen-bond acceptors (Lipinski definition) is 5. The number of amides is 6. The van der Waals surface area contributed by atoms with E-state index in [0.29, 0.717) is 12.2 Å². The largest absolute Gasteiger partial charge is 0.508 e. The summed E-state index contributed by atoms with van der Waals surface area (Å²) in [7, 11) is 0. The van der Waals surface area contributed by atoms with E-state index < -0.39 is 24.3 Å². The number of aromatic hydroxyl groups is 1. The molecule has 0 aromatic heterocycles. The lowest BCUT2D eigenvalue weighted by Gasteiger charge is -2.46. The number of quaternary nitrogens is 1. The summed E-state index contributed by atoms with van der Waals surface area (Å²) in [6.07, 6.45) is 0.996. The number of carbonyl (C=O) groups is 4. The number of nitrogens with zero attached hydrogens (tertiary/aromatic N) is 2. The molecule has 230 valence electrons. The normalized spacial score (nSPS) is 16.2. The van der Waals surface area contributed by atoms with Crippen LogP contribution in [-0.4, -0.2) is 70.6 Å². The quantitative estimate of drug-likeness (QED) is 0.135. The van der Waals surface area contributed by atoms with Crippen LogP contribution in [0.25, 0.3) is 0 Å². The van der Waals surface area contributed by atoms with Gasteiger partial charge in [-0.25, -0.2) is 9.59 Å². The molecule has 1 aliphatic rings. The van der Waals surface area contributed by atoms with Crippen LogP contribution in [0.2, 0.25) is 0 Å². The van der Waals surface area contributed by atoms with Crippen LogP contribution in [0.4, 0.5) is 15.3 Å². The van der Waals surface area contributed by atoms with Crippen LogP contribution in [0.15, 0.2) is 91.5 Å². The minimum absolute atomic E-state index is 0.0321. The summed E-state index contributed by atoms with van der Waals surface area (Å²) < 4.78 is 0. The zero-order chi connectivity index (χ0) is 31.5. The summed E-state index contributed by atoms with van der Waals surface area (Å²) in [5.74, 6) is -0.535. The summed E-state index contributed by atoms with van der Waals surface area (Å²) in [5, 5.41) is 19.9. The number of anilines is 1. The van der Waals surface area contributed by atoms with E-state index in [1.165, 1.54) is 17.0 Å². The molecule has 1 saturated heterocycles. The van der Waals surface area contributed by atoms with Gasteiger partial charge in [-0.05, 0) is 47.0 Å². The second-order valence-electron chi connectivity index (χ2n) is 10.4. The maximum Gasteiger partial charge on any atom is 0.316 e. The van der Waals surface area contributed by atoms with E-state index in [4.69, 9.17) is 5.73 Å². The monoisotopic (exact) mass is 600 g/mol. The predicted octanol–water partition coefficient (Wildman–Crippen LogP) is 1.24. The van der Waals surface area contributed by atoms with E-state index in [0.717, 1.165) is 16.7 Å². The minimum Gasteiger partial charge on any atom is -0.508 e. The van der Waals surface area contributed by atoms with Gasteiger partial charge in [0.25, 0.3) is 5.91 Å². The number of phenols is 1. The smallest absolute Gasteiger partial charge is 0.316 e. The summed E-state index contributed by atoms with van der Waals surface area (Å²) >= 11 is 0. The van der Waals surface area contributed by atoms with Gasteiger partial charge in [0.15, 0.2) is 6.54 Å². The predicted molar refractivity (Wildman–Crippen MR) is 165 cm³/mol. The van der Waals surface area contributed by atoms with Crippen molar-refractivity contribution in [3.63, 3.8) is 0 Å². The summed E-state index contributed by atoms with van der Waals surface area (Å²) in [5.41, 5.74) is 8.11. The highest BCUT2D eigenvalue weighted by Crippen LogP contribution is 2.24. The number of piperazine rings is 1. The van der Waals surface area contributed by atoms with Crippen LogP contribution >= 0.6 is 0 Å². The molecule has 12 heteroatoms. The van der Waals surface area contributed by atoms with Crippen LogP contribution in [0.5, 0.6) is 5.75 Å². The van der Waals surface area contributed by atoms with Crippen molar-refractivity contribution in [2.75, 3.05) is 25.0 Å². The Hall–Kier alpha value is -5.36. The molecule has 1 fully saturated rings. The first-order valence-corrected chi connectivity index (χ1v) is 14.3. The Kier molecular flexibility index (Phi) is 10.9. The van der Waals surface area contributed by atoms with E-state index in [1.807, 2.05) is 36.4 Å². The topological polar surface area (TPSA) is 174 Å². The third-order valence-corrected chi connectivity index (χ3v) is 7.13. The molecule has 6 amide bonds. The van der Waals surface area contributed by atoms with Crippen molar-refractivity contribution in [1.29, 1.82) is 0 Å². The lowest BCUT2D eigenvalue weighted by Crippen LogP contribution is -2.87. The van der Waals surface area contributed by atoms with Gasteiger partial charge >= 0.3 is 12.1 Å². The van der Waals surface area contributed by atoms with Gasteiger partial charge in [-0.3, -0.25) is 9.59 Å². The molecule has 0 spiro atoms. The second-order valence-corrected chi connectivity index (χ2v) is 10.4. The van der Waals surface area contributed by atoms with Crippen LogP contribution in [0, 0.1) is 0 Å². The lowest BCUT2D eigenvalue weighted by molar-refractivity contribution is -0.635. The van der Waals surface area contributed by atoms with E-state index in [2.05, 4.69) is 22.5 Å². The first-order valence-electron chi connectivity index (χ1n) is 14.3. The molecule has 12 nitrogen and oxygen atoms in total. The molecule has 0 aliphatic carbocycles. The van der Waals surface area contributed by atoms with Crippen molar-refractivity contribution in [2.24, 2.45) is 5.73 Å². The third kappa shape index (κ3) is 8.82. The van der Waals surface area contributed by atoms with Gasteiger partial charge in [0.2, 0.25) is 5.91 Å². The van der Waals surface area contributed by atoms with Crippen LogP contribution < -0.4 is 27.0 Å². The first kappa shape index (κ1) is 31.6. The molecule has 1 aliphatic heterocycles. The Bertz CT molecular complexity index is 1470. The zero-order valence-electron chi connectivity index (χ0n) is 24.3. The lowest BCUT2D eigenvalue weighted by atomic mass is 9.99. The van der Waals surface area contributed by atoms with Gasteiger partial charge < -0.3 is 41.9 Å². The number of hydrogen-bond donors (Lipinski definition) is 6. The average Bonchev–Trinajstić information content (AvgIpc) is 3.00. The molecular weight excluding hydrogens is 562 g/mol. The Morgan fingerprint density at radius 1 is 1.00 bits per heavy atom. The molecule has 0 bridgehead atoms. The highest BCUT2D eigenvalue weighted by atomic mass is 16.3. The van der Waals surface area contributed by atoms with E-state index in [-0.39, 0.29) is 50.2 Å². The highest BCUT2D eigenvalue weighted by Gasteiger charge is 2.44. The van der Waals surface area contributed by atoms with Crippen LogP contribution in [0.1, 0.15) is 16.7 Å². The molecule has 4 rings (SSSR count). The Balaban J connectivity index is 1.63. The SMILES string of the molecule is C=CC[NH2+]CC(=O)N1C(NC(=O)NCc2ccccc2)CN(Cc2cccc(NC(N)=O)c2)C(=O)C1Cc1ccc(O)cc1. The maximum absolute atomic E-state index is 14.1. The van der Waals surface area contributed by atoms with Gasteiger partial charge in [-0.15, -0.1) is 0 Å². The number of phenolic OH excluding ortho intramolecular Hbond substituents is 1. The molecule has 0 saturated carbocycles. The number of urea groups is 2. The number of nitrogens with two attached hydrogens (primary N) is 2. The van der Waals surface area contributed by atoms with Crippen molar-refractivity contribution in [3.8, 4) is 5.75 Å². The molecule has 2 unspecified atom stereocenters. The van der Waals surface area contributed by atoms with Crippen LogP contribution in [0.3, 0.4) is 0 Å². The van der Waals surface area contributed by atoms with E-state index >= 15 is 0 Å². The van der Waals surface area contributed by atoms with Crippen molar-refractivity contribution in [2.45, 2.75) is 31.7 Å². The molecule has 1 heterocycles.